The number of carbonyl (C=O) groups is 2. The van der Waals surface area contributed by atoms with Crippen molar-refractivity contribution in [3.63, 3.8) is 0 Å². The number of benzene rings is 2. The maximum atomic E-state index is 13.3. The summed E-state index contributed by atoms with van der Waals surface area (Å²) in [5, 5.41) is 5.17. The summed E-state index contributed by atoms with van der Waals surface area (Å²) < 4.78 is 22.5. The molecule has 1 aromatic heterocycles. The molecule has 0 saturated heterocycles. The van der Waals surface area contributed by atoms with E-state index in [0.717, 1.165) is 12.0 Å². The highest BCUT2D eigenvalue weighted by Crippen LogP contribution is 2.40. The molecule has 8 heteroatoms. The van der Waals surface area contributed by atoms with Gasteiger partial charge in [-0.3, -0.25) is 4.79 Å². The topological polar surface area (TPSA) is 83.1 Å². The molecule has 0 unspecified atom stereocenters. The second-order valence-corrected chi connectivity index (χ2v) is 8.56. The smallest absolute Gasteiger partial charge is 0.341 e. The van der Waals surface area contributed by atoms with Gasteiger partial charge in [0.05, 0.1) is 26.4 Å². The maximum Gasteiger partial charge on any atom is 0.341 e. The third kappa shape index (κ3) is 6.18. The Morgan fingerprint density at radius 1 is 0.833 bits per heavy atom. The summed E-state index contributed by atoms with van der Waals surface area (Å²) in [4.78, 5) is 26.3. The van der Waals surface area contributed by atoms with E-state index in [1.54, 1.807) is 19.1 Å². The van der Waals surface area contributed by atoms with Crippen molar-refractivity contribution in [3.8, 4) is 28.4 Å². The van der Waals surface area contributed by atoms with Gasteiger partial charge < -0.3 is 24.3 Å². The van der Waals surface area contributed by atoms with Crippen LogP contribution in [0.1, 0.15) is 60.9 Å². The molecule has 192 valence electrons. The first-order chi connectivity index (χ1) is 17.5. The predicted octanol–water partition coefficient (Wildman–Crippen LogP) is 6.60. The molecule has 0 bridgehead atoms. The van der Waals surface area contributed by atoms with Gasteiger partial charge in [-0.2, -0.15) is 0 Å². The van der Waals surface area contributed by atoms with Crippen molar-refractivity contribution in [2.75, 3.05) is 31.7 Å². The molecule has 7 nitrogen and oxygen atoms in total. The van der Waals surface area contributed by atoms with Crippen molar-refractivity contribution in [3.05, 3.63) is 58.5 Å². The van der Waals surface area contributed by atoms with Gasteiger partial charge in [-0.15, -0.1) is 11.3 Å². The van der Waals surface area contributed by atoms with E-state index in [1.807, 2.05) is 50.4 Å². The van der Waals surface area contributed by atoms with Gasteiger partial charge in [0.25, 0.3) is 5.91 Å². The minimum atomic E-state index is -0.486. The Labute approximate surface area is 216 Å². The van der Waals surface area contributed by atoms with Crippen LogP contribution < -0.4 is 19.5 Å². The molecule has 1 amide bonds. The van der Waals surface area contributed by atoms with Crippen molar-refractivity contribution in [1.29, 1.82) is 0 Å². The van der Waals surface area contributed by atoms with Crippen LogP contribution in [0.15, 0.2) is 41.8 Å². The average molecular weight is 512 g/mol. The van der Waals surface area contributed by atoms with Crippen molar-refractivity contribution in [2.45, 2.75) is 41.0 Å². The molecule has 1 N–H and O–H groups in total. The van der Waals surface area contributed by atoms with Gasteiger partial charge in [-0.05, 0) is 57.4 Å². The maximum absolute atomic E-state index is 13.3. The zero-order chi connectivity index (χ0) is 26.1. The number of esters is 1. The van der Waals surface area contributed by atoms with Crippen LogP contribution in [0.3, 0.4) is 0 Å². The fourth-order valence-electron chi connectivity index (χ4n) is 3.68. The lowest BCUT2D eigenvalue weighted by atomic mass is 10.0. The lowest BCUT2D eigenvalue weighted by Crippen LogP contribution is -2.15. The van der Waals surface area contributed by atoms with Crippen LogP contribution in [-0.4, -0.2) is 38.3 Å². The minimum Gasteiger partial charge on any atom is -0.490 e. The molecular weight excluding hydrogens is 478 g/mol. The molecule has 0 radical (unpaired) electrons. The van der Waals surface area contributed by atoms with Gasteiger partial charge in [0.2, 0.25) is 5.75 Å². The van der Waals surface area contributed by atoms with E-state index in [2.05, 4.69) is 12.2 Å². The molecule has 36 heavy (non-hydrogen) atoms. The number of nitrogens with one attached hydrogen (secondary N) is 1. The normalized spacial score (nSPS) is 10.6. The zero-order valence-electron chi connectivity index (χ0n) is 21.4. The highest BCUT2D eigenvalue weighted by Gasteiger charge is 2.24. The Morgan fingerprint density at radius 2 is 1.44 bits per heavy atom. The predicted molar refractivity (Wildman–Crippen MR) is 143 cm³/mol. The molecule has 0 saturated carbocycles. The van der Waals surface area contributed by atoms with Crippen LogP contribution >= 0.6 is 11.3 Å². The third-order valence-corrected chi connectivity index (χ3v) is 6.24. The Bertz CT molecular complexity index is 1160. The van der Waals surface area contributed by atoms with Crippen LogP contribution in [0, 0.1) is 0 Å². The SMILES string of the molecule is CCOC(=O)c1c(-c2ccc(CC)cc2)csc1NC(=O)c1cc(OCC)c(OCC)c(OCC)c1. The fourth-order valence-corrected chi connectivity index (χ4v) is 4.64. The monoisotopic (exact) mass is 511 g/mol. The van der Waals surface area contributed by atoms with Gasteiger partial charge in [0.15, 0.2) is 11.5 Å². The molecule has 0 aliphatic rings. The van der Waals surface area contributed by atoms with Crippen LogP contribution in [0.4, 0.5) is 5.00 Å². The summed E-state index contributed by atoms with van der Waals surface area (Å²) >= 11 is 1.28. The number of amides is 1. The Balaban J connectivity index is 2.01. The van der Waals surface area contributed by atoms with Crippen molar-refractivity contribution in [1.82, 2.24) is 0 Å². The Morgan fingerprint density at radius 3 is 1.97 bits per heavy atom. The fraction of sp³-hybridized carbons (Fsp3) is 0.357. The van der Waals surface area contributed by atoms with E-state index in [1.165, 1.54) is 16.9 Å². The zero-order valence-corrected chi connectivity index (χ0v) is 22.3. The number of anilines is 1. The Kier molecular flexibility index (Phi) is 9.76. The number of hydrogen-bond acceptors (Lipinski definition) is 7. The Hall–Kier alpha value is -3.52. The van der Waals surface area contributed by atoms with Crippen molar-refractivity contribution >= 4 is 28.2 Å². The van der Waals surface area contributed by atoms with Gasteiger partial charge >= 0.3 is 5.97 Å². The molecule has 2 aromatic carbocycles. The van der Waals surface area contributed by atoms with Crippen LogP contribution in [0.2, 0.25) is 0 Å². The van der Waals surface area contributed by atoms with Crippen LogP contribution in [0.5, 0.6) is 17.2 Å². The van der Waals surface area contributed by atoms with E-state index in [4.69, 9.17) is 18.9 Å². The molecule has 0 aliphatic carbocycles. The first kappa shape index (κ1) is 27.1. The van der Waals surface area contributed by atoms with Gasteiger partial charge in [-0.1, -0.05) is 31.2 Å². The number of thiophene rings is 1. The molecule has 1 heterocycles. The molecule has 0 fully saturated rings. The lowest BCUT2D eigenvalue weighted by molar-refractivity contribution is 0.0529. The summed E-state index contributed by atoms with van der Waals surface area (Å²) in [6, 6.07) is 11.3. The second kappa shape index (κ2) is 13.0. The molecule has 0 spiro atoms. The molecule has 0 aliphatic heterocycles. The van der Waals surface area contributed by atoms with Gasteiger partial charge in [-0.25, -0.2) is 4.79 Å². The summed E-state index contributed by atoms with van der Waals surface area (Å²) in [6.07, 6.45) is 0.922. The van der Waals surface area contributed by atoms with Gasteiger partial charge in [0.1, 0.15) is 10.6 Å². The summed E-state index contributed by atoms with van der Waals surface area (Å²) in [5.41, 5.74) is 3.45. The summed E-state index contributed by atoms with van der Waals surface area (Å²) in [7, 11) is 0. The highest BCUT2D eigenvalue weighted by molar-refractivity contribution is 7.15. The number of hydrogen-bond donors (Lipinski definition) is 1. The quantitative estimate of drug-likeness (QED) is 0.276. The van der Waals surface area contributed by atoms with Crippen molar-refractivity contribution < 1.29 is 28.5 Å². The van der Waals surface area contributed by atoms with Crippen LogP contribution in [0.25, 0.3) is 11.1 Å². The largest absolute Gasteiger partial charge is 0.490 e. The standard InChI is InChI=1S/C28H33NO6S/c1-6-18-11-13-19(14-12-18)21-17-36-27(24(21)28(31)35-10-5)29-26(30)20-15-22(32-7-2)25(34-9-4)23(16-20)33-8-3/h11-17H,6-10H2,1-5H3,(H,29,30). The van der Waals surface area contributed by atoms with Gasteiger partial charge in [0, 0.05) is 16.5 Å². The van der Waals surface area contributed by atoms with Crippen LogP contribution in [-0.2, 0) is 11.2 Å². The summed E-state index contributed by atoms with van der Waals surface area (Å²) in [6.45, 7) is 10.9. The number of aryl methyl sites for hydroxylation is 1. The van der Waals surface area contributed by atoms with E-state index in [-0.39, 0.29) is 6.61 Å². The first-order valence-electron chi connectivity index (χ1n) is 12.2. The molecule has 0 atom stereocenters. The molecular formula is C28H33NO6S. The van der Waals surface area contributed by atoms with Crippen molar-refractivity contribution in [2.24, 2.45) is 0 Å². The summed E-state index contributed by atoms with van der Waals surface area (Å²) in [5.74, 6) is 0.410. The second-order valence-electron chi connectivity index (χ2n) is 7.68. The number of ether oxygens (including phenoxy) is 4. The first-order valence-corrected chi connectivity index (χ1v) is 13.1. The number of carbonyl (C=O) groups excluding carboxylic acids is 2. The van der Waals surface area contributed by atoms with E-state index in [0.29, 0.717) is 58.8 Å². The van der Waals surface area contributed by atoms with E-state index >= 15 is 0 Å². The lowest BCUT2D eigenvalue weighted by Gasteiger charge is -2.17. The molecule has 3 aromatic rings. The van der Waals surface area contributed by atoms with E-state index < -0.39 is 11.9 Å². The minimum absolute atomic E-state index is 0.227. The number of rotatable bonds is 12. The van der Waals surface area contributed by atoms with E-state index in [9.17, 15) is 9.59 Å². The average Bonchev–Trinajstić information content (AvgIpc) is 3.29. The highest BCUT2D eigenvalue weighted by atomic mass is 32.1. The third-order valence-electron chi connectivity index (χ3n) is 5.34. The molecule has 3 rings (SSSR count).